The van der Waals surface area contributed by atoms with Crippen LogP contribution in [0.5, 0.6) is 0 Å². The Kier molecular flexibility index (Phi) is 6.21. The van der Waals surface area contributed by atoms with Crippen LogP contribution < -0.4 is 10.6 Å². The number of anilines is 1. The van der Waals surface area contributed by atoms with Gasteiger partial charge in [-0.25, -0.2) is 17.1 Å². The molecule has 7 nitrogen and oxygen atoms in total. The van der Waals surface area contributed by atoms with Crippen LogP contribution >= 0.6 is 0 Å². The summed E-state index contributed by atoms with van der Waals surface area (Å²) in [4.78, 5) is 8.84. The predicted octanol–water partition coefficient (Wildman–Crippen LogP) is 0.934. The molecule has 9 heteroatoms. The molecule has 1 aromatic carbocycles. The average molecular weight is 398 g/mol. The second-order valence-electron chi connectivity index (χ2n) is 7.25. The number of rotatable bonds is 4. The molecule has 2 saturated heterocycles. The van der Waals surface area contributed by atoms with Gasteiger partial charge in [0.2, 0.25) is 10.0 Å². The quantitative estimate of drug-likeness (QED) is 0.604. The summed E-state index contributed by atoms with van der Waals surface area (Å²) in [7, 11) is -3.09. The van der Waals surface area contributed by atoms with E-state index in [0.29, 0.717) is 31.5 Å². The summed E-state index contributed by atoms with van der Waals surface area (Å²) in [6, 6.07) is 6.55. The summed E-state index contributed by atoms with van der Waals surface area (Å²) in [6.07, 6.45) is 2.90. The number of hydrogen-bond acceptors (Lipinski definition) is 4. The maximum atomic E-state index is 13.0. The van der Waals surface area contributed by atoms with Crippen LogP contribution in [0.25, 0.3) is 0 Å². The number of guanidine groups is 1. The largest absolute Gasteiger partial charge is 0.370 e. The van der Waals surface area contributed by atoms with Crippen molar-refractivity contribution in [1.29, 1.82) is 0 Å². The normalized spacial score (nSPS) is 20.9. The summed E-state index contributed by atoms with van der Waals surface area (Å²) < 4.78 is 37.7. The van der Waals surface area contributed by atoms with E-state index in [-0.39, 0.29) is 5.82 Å². The Labute approximate surface area is 160 Å². The highest BCUT2D eigenvalue weighted by atomic mass is 32.2. The molecule has 0 aromatic heterocycles. The number of piperidine rings is 1. The molecule has 2 aliphatic rings. The first-order valence-corrected chi connectivity index (χ1v) is 11.2. The zero-order valence-electron chi connectivity index (χ0n) is 15.7. The van der Waals surface area contributed by atoms with E-state index < -0.39 is 10.0 Å². The van der Waals surface area contributed by atoms with Crippen molar-refractivity contribution in [2.45, 2.75) is 12.8 Å². The van der Waals surface area contributed by atoms with E-state index in [1.54, 1.807) is 12.1 Å². The molecule has 2 N–H and O–H groups in total. The third-order valence-electron chi connectivity index (χ3n) is 5.35. The number of halogens is 1. The van der Waals surface area contributed by atoms with Crippen molar-refractivity contribution in [1.82, 2.24) is 9.21 Å². The molecule has 2 aliphatic heterocycles. The molecule has 0 amide bonds. The van der Waals surface area contributed by atoms with Gasteiger partial charge in [0.05, 0.1) is 6.26 Å². The van der Waals surface area contributed by atoms with Gasteiger partial charge < -0.3 is 15.5 Å². The first-order valence-electron chi connectivity index (χ1n) is 9.33. The molecule has 2 fully saturated rings. The molecule has 3 rings (SSSR count). The van der Waals surface area contributed by atoms with Crippen molar-refractivity contribution in [3.8, 4) is 0 Å². The van der Waals surface area contributed by atoms with E-state index in [4.69, 9.17) is 5.73 Å². The zero-order valence-corrected chi connectivity index (χ0v) is 16.5. The number of nitrogens with two attached hydrogens (primary N) is 1. The van der Waals surface area contributed by atoms with Gasteiger partial charge in [0.25, 0.3) is 0 Å². The number of benzene rings is 1. The van der Waals surface area contributed by atoms with Gasteiger partial charge in [0, 0.05) is 51.5 Å². The number of hydrogen-bond donors (Lipinski definition) is 1. The van der Waals surface area contributed by atoms with Crippen molar-refractivity contribution in [3.05, 3.63) is 30.1 Å². The van der Waals surface area contributed by atoms with E-state index in [2.05, 4.69) is 14.8 Å². The van der Waals surface area contributed by atoms with Gasteiger partial charge in [0.15, 0.2) is 5.96 Å². The molecule has 0 saturated carbocycles. The lowest BCUT2D eigenvalue weighted by Gasteiger charge is -2.36. The Morgan fingerprint density at radius 1 is 1.11 bits per heavy atom. The topological polar surface area (TPSA) is 82.2 Å². The van der Waals surface area contributed by atoms with Crippen LogP contribution in [0.3, 0.4) is 0 Å². The van der Waals surface area contributed by atoms with Gasteiger partial charge in [-0.3, -0.25) is 4.99 Å². The summed E-state index contributed by atoms with van der Waals surface area (Å²) in [6.45, 7) is 4.95. The number of nitrogens with zero attached hydrogens (tertiary/aromatic N) is 4. The fourth-order valence-corrected chi connectivity index (χ4v) is 4.47. The number of aliphatic imine (C=N–C) groups is 1. The van der Waals surface area contributed by atoms with Gasteiger partial charge in [-0.15, -0.1) is 0 Å². The van der Waals surface area contributed by atoms with Gasteiger partial charge in [0.1, 0.15) is 5.82 Å². The maximum absolute atomic E-state index is 13.0. The van der Waals surface area contributed by atoms with Crippen molar-refractivity contribution >= 4 is 21.7 Å². The van der Waals surface area contributed by atoms with Gasteiger partial charge >= 0.3 is 0 Å². The van der Waals surface area contributed by atoms with Gasteiger partial charge in [-0.2, -0.15) is 0 Å². The van der Waals surface area contributed by atoms with Crippen molar-refractivity contribution < 1.29 is 12.8 Å². The third kappa shape index (κ3) is 5.32. The smallest absolute Gasteiger partial charge is 0.211 e. The minimum absolute atomic E-state index is 0.226. The van der Waals surface area contributed by atoms with Crippen LogP contribution in [0.2, 0.25) is 0 Å². The van der Waals surface area contributed by atoms with Gasteiger partial charge in [-0.05, 0) is 43.0 Å². The second kappa shape index (κ2) is 8.43. The zero-order chi connectivity index (χ0) is 19.4. The number of sulfonamides is 1. The van der Waals surface area contributed by atoms with Crippen LogP contribution in [-0.2, 0) is 10.0 Å². The minimum Gasteiger partial charge on any atom is -0.370 e. The highest BCUT2D eigenvalue weighted by Crippen LogP contribution is 2.20. The van der Waals surface area contributed by atoms with E-state index in [0.717, 1.165) is 44.7 Å². The van der Waals surface area contributed by atoms with E-state index in [9.17, 15) is 12.8 Å². The lowest BCUT2D eigenvalue weighted by Crippen LogP contribution is -2.51. The van der Waals surface area contributed by atoms with E-state index in [1.165, 1.54) is 22.7 Å². The van der Waals surface area contributed by atoms with E-state index >= 15 is 0 Å². The summed E-state index contributed by atoms with van der Waals surface area (Å²) in [5.41, 5.74) is 7.19. The lowest BCUT2D eigenvalue weighted by atomic mass is 9.98. The van der Waals surface area contributed by atoms with Crippen LogP contribution in [-0.4, -0.2) is 75.7 Å². The number of piperazine rings is 1. The Balaban J connectivity index is 1.45. The van der Waals surface area contributed by atoms with Crippen LogP contribution in [0.4, 0.5) is 10.1 Å². The average Bonchev–Trinajstić information content (AvgIpc) is 2.66. The molecule has 0 radical (unpaired) electrons. The lowest BCUT2D eigenvalue weighted by molar-refractivity contribution is 0.279. The molecular formula is C18H28FN5O2S. The maximum Gasteiger partial charge on any atom is 0.211 e. The fourth-order valence-electron chi connectivity index (χ4n) is 3.59. The molecule has 0 aliphatic carbocycles. The molecule has 1 aromatic rings. The first-order chi connectivity index (χ1) is 12.8. The fraction of sp³-hybridized carbons (Fsp3) is 0.611. The van der Waals surface area contributed by atoms with Gasteiger partial charge in [-0.1, -0.05) is 0 Å². The molecule has 2 heterocycles. The monoisotopic (exact) mass is 397 g/mol. The summed E-state index contributed by atoms with van der Waals surface area (Å²) >= 11 is 0. The molecule has 150 valence electrons. The molecule has 0 spiro atoms. The van der Waals surface area contributed by atoms with Crippen molar-refractivity contribution in [3.63, 3.8) is 0 Å². The van der Waals surface area contributed by atoms with Crippen molar-refractivity contribution in [2.75, 3.05) is 57.0 Å². The summed E-state index contributed by atoms with van der Waals surface area (Å²) in [5.74, 6) is 0.706. The minimum atomic E-state index is -3.09. The molecule has 0 unspecified atom stereocenters. The van der Waals surface area contributed by atoms with Crippen LogP contribution in [0, 0.1) is 11.7 Å². The Morgan fingerprint density at radius 3 is 2.26 bits per heavy atom. The SMILES string of the molecule is CS(=O)(=O)N1CCC(CN=C(N)N2CCN(c3ccc(F)cc3)CC2)CC1. The van der Waals surface area contributed by atoms with Crippen LogP contribution in [0.1, 0.15) is 12.8 Å². The third-order valence-corrected chi connectivity index (χ3v) is 6.65. The second-order valence-corrected chi connectivity index (χ2v) is 9.24. The summed E-state index contributed by atoms with van der Waals surface area (Å²) in [5, 5.41) is 0. The highest BCUT2D eigenvalue weighted by molar-refractivity contribution is 7.88. The Morgan fingerprint density at radius 2 is 1.70 bits per heavy atom. The first kappa shape index (κ1) is 19.9. The molecular weight excluding hydrogens is 369 g/mol. The molecule has 0 bridgehead atoms. The standard InChI is InChI=1S/C18H28FN5O2S/c1-27(25,26)24-8-6-15(7-9-24)14-21-18(20)23-12-10-22(11-13-23)17-4-2-16(19)3-5-17/h2-5,15H,6-14H2,1H3,(H2,20,21). The van der Waals surface area contributed by atoms with Crippen molar-refractivity contribution in [2.24, 2.45) is 16.6 Å². The van der Waals surface area contributed by atoms with E-state index in [1.807, 2.05) is 0 Å². The molecule has 27 heavy (non-hydrogen) atoms. The van der Waals surface area contributed by atoms with Crippen LogP contribution in [0.15, 0.2) is 29.3 Å². The Bertz CT molecular complexity index is 752. The highest BCUT2D eigenvalue weighted by Gasteiger charge is 2.25. The predicted molar refractivity (Wildman–Crippen MR) is 106 cm³/mol. The molecule has 0 atom stereocenters. The Hall–Kier alpha value is -1.87.